The number of hydrogen-bond acceptors (Lipinski definition) is 5. The van der Waals surface area contributed by atoms with Crippen molar-refractivity contribution >= 4 is 0 Å². The molecular formula is C28H36N2O3. The van der Waals surface area contributed by atoms with Gasteiger partial charge in [-0.3, -0.25) is 0 Å². The summed E-state index contributed by atoms with van der Waals surface area (Å²) in [5.74, 6) is 2.38. The molecule has 0 saturated carbocycles. The Bertz CT molecular complexity index is 899. The van der Waals surface area contributed by atoms with Crippen LogP contribution in [0.1, 0.15) is 29.0 Å². The zero-order valence-corrected chi connectivity index (χ0v) is 20.2. The fourth-order valence-electron chi connectivity index (χ4n) is 4.10. The van der Waals surface area contributed by atoms with Crippen molar-refractivity contribution in [1.29, 1.82) is 0 Å². The number of benzene rings is 3. The third kappa shape index (κ3) is 6.98. The molecule has 3 rings (SSSR count). The summed E-state index contributed by atoms with van der Waals surface area (Å²) < 4.78 is 16.3. The number of methoxy groups -OCH3 is 3. The molecule has 33 heavy (non-hydrogen) atoms. The first-order valence-corrected chi connectivity index (χ1v) is 11.4. The summed E-state index contributed by atoms with van der Waals surface area (Å²) in [7, 11) is 7.09. The largest absolute Gasteiger partial charge is 0.493 e. The number of nitrogens with zero attached hydrogens (tertiary/aromatic N) is 1. The van der Waals surface area contributed by atoms with E-state index in [1.165, 1.54) is 11.1 Å². The number of rotatable bonds is 13. The van der Waals surface area contributed by atoms with Gasteiger partial charge in [0.1, 0.15) is 0 Å². The van der Waals surface area contributed by atoms with E-state index in [-0.39, 0.29) is 0 Å². The maximum atomic E-state index is 5.45. The third-order valence-corrected chi connectivity index (χ3v) is 5.93. The highest BCUT2D eigenvalue weighted by Crippen LogP contribution is 2.38. The molecule has 176 valence electrons. The van der Waals surface area contributed by atoms with E-state index < -0.39 is 0 Å². The molecule has 0 bridgehead atoms. The summed E-state index contributed by atoms with van der Waals surface area (Å²) in [4.78, 5) is 2.39. The first kappa shape index (κ1) is 24.6. The number of likely N-dealkylation sites (N-methyl/N-ethyl adjacent to an activating group) is 1. The van der Waals surface area contributed by atoms with E-state index in [1.807, 2.05) is 12.1 Å². The Hall–Kier alpha value is -3.02. The molecule has 0 aliphatic heterocycles. The predicted molar refractivity (Wildman–Crippen MR) is 135 cm³/mol. The molecule has 3 aromatic rings. The molecule has 3 aromatic carbocycles. The standard InChI is InChI=1S/C28H36N2O3/c1-30(17-15-25(23-11-7-5-8-12-23)24-13-9-6-10-14-24)18-16-29-21-22-19-26(31-2)28(33-4)27(20-22)32-3/h5-14,19-20,25,29H,15-18,21H2,1-4H3. The Kier molecular flexibility index (Phi) is 9.60. The molecule has 0 aromatic heterocycles. The van der Waals surface area contributed by atoms with Crippen molar-refractivity contribution in [2.24, 2.45) is 0 Å². The molecule has 0 radical (unpaired) electrons. The quantitative estimate of drug-likeness (QED) is 0.375. The second-order valence-electron chi connectivity index (χ2n) is 8.18. The highest BCUT2D eigenvalue weighted by atomic mass is 16.5. The van der Waals surface area contributed by atoms with Gasteiger partial charge in [-0.2, -0.15) is 0 Å². The van der Waals surface area contributed by atoms with Crippen LogP contribution in [0, 0.1) is 0 Å². The van der Waals surface area contributed by atoms with E-state index in [0.717, 1.165) is 38.2 Å². The van der Waals surface area contributed by atoms with Crippen LogP contribution in [0.2, 0.25) is 0 Å². The SMILES string of the molecule is COc1cc(CNCCN(C)CCC(c2ccccc2)c2ccccc2)cc(OC)c1OC. The van der Waals surface area contributed by atoms with Gasteiger partial charge in [0, 0.05) is 25.6 Å². The van der Waals surface area contributed by atoms with Gasteiger partial charge in [0.25, 0.3) is 0 Å². The monoisotopic (exact) mass is 448 g/mol. The lowest BCUT2D eigenvalue weighted by molar-refractivity contribution is 0.319. The third-order valence-electron chi connectivity index (χ3n) is 5.93. The van der Waals surface area contributed by atoms with Crippen LogP contribution < -0.4 is 19.5 Å². The van der Waals surface area contributed by atoms with Crippen LogP contribution in [-0.4, -0.2) is 52.9 Å². The van der Waals surface area contributed by atoms with Gasteiger partial charge in [-0.15, -0.1) is 0 Å². The van der Waals surface area contributed by atoms with Gasteiger partial charge < -0.3 is 24.4 Å². The molecule has 0 aliphatic rings. The summed E-state index contributed by atoms with van der Waals surface area (Å²) in [6.45, 7) is 3.64. The van der Waals surface area contributed by atoms with Crippen LogP contribution >= 0.6 is 0 Å². The summed E-state index contributed by atoms with van der Waals surface area (Å²) in [6.07, 6.45) is 1.08. The van der Waals surface area contributed by atoms with Crippen molar-refractivity contribution in [3.05, 3.63) is 89.5 Å². The van der Waals surface area contributed by atoms with Gasteiger partial charge in [-0.1, -0.05) is 60.7 Å². The minimum absolute atomic E-state index is 0.405. The van der Waals surface area contributed by atoms with Gasteiger partial charge in [0.2, 0.25) is 5.75 Å². The molecule has 0 amide bonds. The van der Waals surface area contributed by atoms with Crippen LogP contribution in [0.15, 0.2) is 72.8 Å². The predicted octanol–water partition coefficient (Wildman–Crippen LogP) is 4.96. The van der Waals surface area contributed by atoms with Gasteiger partial charge in [-0.05, 0) is 48.8 Å². The number of hydrogen-bond donors (Lipinski definition) is 1. The lowest BCUT2D eigenvalue weighted by Gasteiger charge is -2.23. The maximum Gasteiger partial charge on any atom is 0.203 e. The molecule has 0 saturated heterocycles. The Morgan fingerprint density at radius 1 is 0.758 bits per heavy atom. The van der Waals surface area contributed by atoms with Crippen LogP contribution in [-0.2, 0) is 6.54 Å². The zero-order valence-electron chi connectivity index (χ0n) is 20.2. The van der Waals surface area contributed by atoms with E-state index in [4.69, 9.17) is 14.2 Å². The second kappa shape index (κ2) is 12.9. The van der Waals surface area contributed by atoms with Gasteiger partial charge in [0.05, 0.1) is 21.3 Å². The average molecular weight is 449 g/mol. The summed E-state index contributed by atoms with van der Waals surface area (Å²) in [5.41, 5.74) is 3.84. The van der Waals surface area contributed by atoms with E-state index in [9.17, 15) is 0 Å². The number of nitrogens with one attached hydrogen (secondary N) is 1. The first-order chi connectivity index (χ1) is 16.2. The fraction of sp³-hybridized carbons (Fsp3) is 0.357. The maximum absolute atomic E-state index is 5.45. The van der Waals surface area contributed by atoms with Crippen molar-refractivity contribution in [2.45, 2.75) is 18.9 Å². The normalized spacial score (nSPS) is 11.1. The molecule has 0 spiro atoms. The molecular weight excluding hydrogens is 412 g/mol. The highest BCUT2D eigenvalue weighted by Gasteiger charge is 2.15. The van der Waals surface area contributed by atoms with Crippen LogP contribution in [0.3, 0.4) is 0 Å². The molecule has 5 nitrogen and oxygen atoms in total. The number of ether oxygens (including phenoxy) is 3. The zero-order chi connectivity index (χ0) is 23.5. The molecule has 0 unspecified atom stereocenters. The summed E-state index contributed by atoms with van der Waals surface area (Å²) in [5, 5.41) is 3.53. The summed E-state index contributed by atoms with van der Waals surface area (Å²) in [6, 6.07) is 25.6. The Balaban J connectivity index is 1.50. The van der Waals surface area contributed by atoms with Crippen molar-refractivity contribution < 1.29 is 14.2 Å². The molecule has 0 heterocycles. The lowest BCUT2D eigenvalue weighted by atomic mass is 9.88. The second-order valence-corrected chi connectivity index (χ2v) is 8.18. The average Bonchev–Trinajstić information content (AvgIpc) is 2.87. The van der Waals surface area contributed by atoms with Gasteiger partial charge in [-0.25, -0.2) is 0 Å². The van der Waals surface area contributed by atoms with Crippen molar-refractivity contribution in [3.8, 4) is 17.2 Å². The van der Waals surface area contributed by atoms with Crippen molar-refractivity contribution in [2.75, 3.05) is 48.0 Å². The highest BCUT2D eigenvalue weighted by molar-refractivity contribution is 5.53. The molecule has 5 heteroatoms. The first-order valence-electron chi connectivity index (χ1n) is 11.4. The molecule has 0 atom stereocenters. The van der Waals surface area contributed by atoms with Crippen LogP contribution in [0.25, 0.3) is 0 Å². The summed E-state index contributed by atoms with van der Waals surface area (Å²) >= 11 is 0. The van der Waals surface area contributed by atoms with E-state index in [0.29, 0.717) is 23.2 Å². The van der Waals surface area contributed by atoms with Crippen molar-refractivity contribution in [1.82, 2.24) is 10.2 Å². The van der Waals surface area contributed by atoms with Crippen molar-refractivity contribution in [3.63, 3.8) is 0 Å². The minimum atomic E-state index is 0.405. The van der Waals surface area contributed by atoms with Crippen LogP contribution in [0.5, 0.6) is 17.2 Å². The lowest BCUT2D eigenvalue weighted by Crippen LogP contribution is -2.30. The van der Waals surface area contributed by atoms with Gasteiger partial charge in [0.15, 0.2) is 11.5 Å². The van der Waals surface area contributed by atoms with E-state index in [1.54, 1.807) is 21.3 Å². The molecule has 0 aliphatic carbocycles. The van der Waals surface area contributed by atoms with Crippen LogP contribution in [0.4, 0.5) is 0 Å². The Labute approximate surface area is 198 Å². The minimum Gasteiger partial charge on any atom is -0.493 e. The smallest absolute Gasteiger partial charge is 0.203 e. The molecule has 1 N–H and O–H groups in total. The fourth-order valence-corrected chi connectivity index (χ4v) is 4.10. The Morgan fingerprint density at radius 3 is 1.79 bits per heavy atom. The van der Waals surface area contributed by atoms with E-state index >= 15 is 0 Å². The topological polar surface area (TPSA) is 43.0 Å². The molecule has 0 fully saturated rings. The Morgan fingerprint density at radius 2 is 1.30 bits per heavy atom. The van der Waals surface area contributed by atoms with E-state index in [2.05, 4.69) is 77.9 Å². The van der Waals surface area contributed by atoms with Gasteiger partial charge >= 0.3 is 0 Å².